The number of hydrogen-bond donors (Lipinski definition) is 2. The molecule has 0 radical (unpaired) electrons. The predicted molar refractivity (Wildman–Crippen MR) is 108 cm³/mol. The monoisotopic (exact) mass is 365 g/mol. The molecule has 1 aliphatic rings. The smallest absolute Gasteiger partial charge is 0.225 e. The van der Waals surface area contributed by atoms with E-state index in [1.54, 1.807) is 12.4 Å². The van der Waals surface area contributed by atoms with Crippen LogP contribution in [0, 0.1) is 0 Å². The summed E-state index contributed by atoms with van der Waals surface area (Å²) >= 11 is 1.86. The minimum absolute atomic E-state index is 0.202. The van der Waals surface area contributed by atoms with Crippen LogP contribution in [0.3, 0.4) is 0 Å². The Labute approximate surface area is 155 Å². The van der Waals surface area contributed by atoms with Gasteiger partial charge in [0.05, 0.1) is 0 Å². The van der Waals surface area contributed by atoms with Gasteiger partial charge in [-0.15, -0.1) is 0 Å². The zero-order valence-electron chi connectivity index (χ0n) is 15.8. The number of thioether (sulfide) groups is 1. The maximum Gasteiger partial charge on any atom is 0.225 e. The van der Waals surface area contributed by atoms with E-state index in [9.17, 15) is 0 Å². The third-order valence-corrected chi connectivity index (χ3v) is 5.64. The molecule has 0 spiro atoms. The first-order valence-corrected chi connectivity index (χ1v) is 10.0. The van der Waals surface area contributed by atoms with Crippen molar-refractivity contribution in [3.05, 3.63) is 18.5 Å². The Balaban J connectivity index is 1.65. The summed E-state index contributed by atoms with van der Waals surface area (Å²) in [5.41, 5.74) is 0. The highest BCUT2D eigenvalue weighted by Gasteiger charge is 2.19. The Kier molecular flexibility index (Phi) is 7.77. The van der Waals surface area contributed by atoms with Crippen LogP contribution in [0.4, 0.5) is 5.95 Å². The topological polar surface area (TPSA) is 68.7 Å². The summed E-state index contributed by atoms with van der Waals surface area (Å²) in [6.07, 6.45) is 5.74. The summed E-state index contributed by atoms with van der Waals surface area (Å²) in [4.78, 5) is 17.7. The quantitative estimate of drug-likeness (QED) is 0.550. The molecule has 0 aromatic carbocycles. The summed E-state index contributed by atoms with van der Waals surface area (Å²) in [5, 5.41) is 6.81. The number of nitrogens with zero attached hydrogens (tertiary/aromatic N) is 5. The molecule has 1 aliphatic heterocycles. The summed E-state index contributed by atoms with van der Waals surface area (Å²) in [6, 6.07) is 1.85. The molecule has 2 heterocycles. The van der Waals surface area contributed by atoms with Crippen LogP contribution in [0.15, 0.2) is 23.5 Å². The summed E-state index contributed by atoms with van der Waals surface area (Å²) in [7, 11) is 1.82. The maximum atomic E-state index is 4.33. The van der Waals surface area contributed by atoms with Crippen molar-refractivity contribution in [1.82, 2.24) is 25.5 Å². The van der Waals surface area contributed by atoms with Crippen LogP contribution in [-0.4, -0.2) is 84.7 Å². The van der Waals surface area contributed by atoms with E-state index >= 15 is 0 Å². The second-order valence-electron chi connectivity index (χ2n) is 6.69. The molecule has 25 heavy (non-hydrogen) atoms. The molecule has 8 heteroatoms. The van der Waals surface area contributed by atoms with Gasteiger partial charge in [-0.2, -0.15) is 11.8 Å². The highest BCUT2D eigenvalue weighted by molar-refractivity contribution is 7.99. The van der Waals surface area contributed by atoms with E-state index in [1.165, 1.54) is 0 Å². The van der Waals surface area contributed by atoms with Crippen molar-refractivity contribution in [3.8, 4) is 0 Å². The van der Waals surface area contributed by atoms with Crippen molar-refractivity contribution in [1.29, 1.82) is 0 Å². The van der Waals surface area contributed by atoms with Gasteiger partial charge in [0, 0.05) is 70.0 Å². The van der Waals surface area contributed by atoms with E-state index in [0.29, 0.717) is 0 Å². The highest BCUT2D eigenvalue weighted by atomic mass is 32.2. The average molecular weight is 366 g/mol. The van der Waals surface area contributed by atoms with Crippen LogP contribution in [0.1, 0.15) is 13.8 Å². The van der Waals surface area contributed by atoms with Gasteiger partial charge in [-0.1, -0.05) is 0 Å². The van der Waals surface area contributed by atoms with Gasteiger partial charge < -0.3 is 15.5 Å². The molecular formula is C17H31N7S. The molecule has 0 atom stereocenters. The molecule has 0 amide bonds. The second-order valence-corrected chi connectivity index (χ2v) is 8.21. The van der Waals surface area contributed by atoms with Crippen molar-refractivity contribution < 1.29 is 0 Å². The third-order valence-electron chi connectivity index (χ3n) is 4.39. The predicted octanol–water partition coefficient (Wildman–Crippen LogP) is 0.905. The summed E-state index contributed by atoms with van der Waals surface area (Å²) in [6.45, 7) is 11.3. The number of anilines is 1. The van der Waals surface area contributed by atoms with Crippen LogP contribution in [-0.2, 0) is 0 Å². The van der Waals surface area contributed by atoms with Crippen molar-refractivity contribution in [3.63, 3.8) is 0 Å². The Morgan fingerprint density at radius 2 is 1.88 bits per heavy atom. The van der Waals surface area contributed by atoms with Gasteiger partial charge in [0.2, 0.25) is 5.95 Å². The van der Waals surface area contributed by atoms with Gasteiger partial charge in [0.15, 0.2) is 5.96 Å². The molecule has 2 rings (SSSR count). The standard InChI is InChI=1S/C17H31N7S/c1-17(2,25-4)14-22-15(18-3)19-8-9-23-10-12-24(13-11-23)16-20-6-5-7-21-16/h5-7H,8-14H2,1-4H3,(H2,18,19,22). The fraction of sp³-hybridized carbons (Fsp3) is 0.706. The molecular weight excluding hydrogens is 334 g/mol. The molecule has 140 valence electrons. The lowest BCUT2D eigenvalue weighted by Gasteiger charge is -2.34. The van der Waals surface area contributed by atoms with Crippen LogP contribution < -0.4 is 15.5 Å². The minimum atomic E-state index is 0.202. The highest BCUT2D eigenvalue weighted by Crippen LogP contribution is 2.19. The van der Waals surface area contributed by atoms with Gasteiger partial charge >= 0.3 is 0 Å². The van der Waals surface area contributed by atoms with Crippen LogP contribution >= 0.6 is 11.8 Å². The summed E-state index contributed by atoms with van der Waals surface area (Å²) in [5.74, 6) is 1.71. The van der Waals surface area contributed by atoms with Crippen molar-refractivity contribution in [2.24, 2.45) is 4.99 Å². The van der Waals surface area contributed by atoms with Gasteiger partial charge in [0.25, 0.3) is 0 Å². The molecule has 1 fully saturated rings. The fourth-order valence-electron chi connectivity index (χ4n) is 2.55. The van der Waals surface area contributed by atoms with Crippen LogP contribution in [0.5, 0.6) is 0 Å². The number of hydrogen-bond acceptors (Lipinski definition) is 6. The molecule has 0 unspecified atom stereocenters. The molecule has 1 saturated heterocycles. The number of aromatic nitrogens is 2. The Hall–Kier alpha value is -1.54. The SMILES string of the molecule is CN=C(NCCN1CCN(c2ncccn2)CC1)NCC(C)(C)SC. The number of guanidine groups is 1. The molecule has 7 nitrogen and oxygen atoms in total. The lowest BCUT2D eigenvalue weighted by atomic mass is 10.2. The second kappa shape index (κ2) is 9.82. The fourth-order valence-corrected chi connectivity index (χ4v) is 2.76. The maximum absolute atomic E-state index is 4.33. The minimum Gasteiger partial charge on any atom is -0.355 e. The number of nitrogens with one attached hydrogen (secondary N) is 2. The number of rotatable bonds is 7. The largest absolute Gasteiger partial charge is 0.355 e. The lowest BCUT2D eigenvalue weighted by molar-refractivity contribution is 0.260. The van der Waals surface area contributed by atoms with Crippen LogP contribution in [0.25, 0.3) is 0 Å². The first-order valence-electron chi connectivity index (χ1n) is 8.78. The average Bonchev–Trinajstić information content (AvgIpc) is 2.65. The van der Waals surface area contributed by atoms with Gasteiger partial charge in [-0.3, -0.25) is 9.89 Å². The van der Waals surface area contributed by atoms with E-state index < -0.39 is 0 Å². The summed E-state index contributed by atoms with van der Waals surface area (Å²) < 4.78 is 0.202. The zero-order valence-corrected chi connectivity index (χ0v) is 16.6. The van der Waals surface area contributed by atoms with E-state index in [4.69, 9.17) is 0 Å². The van der Waals surface area contributed by atoms with E-state index in [-0.39, 0.29) is 4.75 Å². The first kappa shape index (κ1) is 19.8. The Morgan fingerprint density at radius 3 is 2.48 bits per heavy atom. The van der Waals surface area contributed by atoms with E-state index in [2.05, 4.69) is 55.5 Å². The van der Waals surface area contributed by atoms with Gasteiger partial charge in [0.1, 0.15) is 0 Å². The van der Waals surface area contributed by atoms with Crippen molar-refractivity contribution >= 4 is 23.7 Å². The molecule has 0 saturated carbocycles. The molecule has 0 aliphatic carbocycles. The van der Waals surface area contributed by atoms with Crippen LogP contribution in [0.2, 0.25) is 0 Å². The normalized spacial score (nSPS) is 16.8. The zero-order chi connectivity index (χ0) is 18.1. The lowest BCUT2D eigenvalue weighted by Crippen LogP contribution is -2.50. The Bertz CT molecular complexity index is 527. The molecule has 2 N–H and O–H groups in total. The number of piperazine rings is 1. The molecule has 0 bridgehead atoms. The third kappa shape index (κ3) is 6.70. The molecule has 1 aromatic rings. The van der Waals surface area contributed by atoms with Crippen molar-refractivity contribution in [2.45, 2.75) is 18.6 Å². The van der Waals surface area contributed by atoms with E-state index in [0.717, 1.165) is 57.7 Å². The first-order chi connectivity index (χ1) is 12.0. The van der Waals surface area contributed by atoms with Gasteiger partial charge in [-0.05, 0) is 26.2 Å². The number of aliphatic imine (C=N–C) groups is 1. The molecule has 1 aromatic heterocycles. The van der Waals surface area contributed by atoms with Crippen molar-refractivity contribution in [2.75, 3.05) is 64.0 Å². The van der Waals surface area contributed by atoms with E-state index in [1.807, 2.05) is 24.9 Å². The Morgan fingerprint density at radius 1 is 1.20 bits per heavy atom. The van der Waals surface area contributed by atoms with Gasteiger partial charge in [-0.25, -0.2) is 9.97 Å².